The highest BCUT2D eigenvalue weighted by Crippen LogP contribution is 2.12. The Labute approximate surface area is 106 Å². The second-order valence-electron chi connectivity index (χ2n) is 2.99. The Morgan fingerprint density at radius 1 is 1.18 bits per heavy atom. The van der Waals surface area contributed by atoms with Gasteiger partial charge in [0.25, 0.3) is 0 Å². The predicted molar refractivity (Wildman–Crippen MR) is 75.3 cm³/mol. The number of hydrogen-bond acceptors (Lipinski definition) is 2. The minimum absolute atomic E-state index is 0.0220. The Morgan fingerprint density at radius 3 is 2.12 bits per heavy atom. The molecule has 1 aromatic rings. The lowest BCUT2D eigenvalue weighted by molar-refractivity contribution is -0.115. The Hall–Kier alpha value is -1.38. The smallest absolute Gasteiger partial charge is 0.224 e. The van der Waals surface area contributed by atoms with Crippen LogP contribution in [0.5, 0.6) is 0 Å². The standard InChI is InChI=1S/C10H14N2O.2C2H6/c1-4-10(13)12-9-6-5-7(2)11-8(9)3;2*1-2/h5-6H,4H2,1-3H3,(H,12,13);2*1-2H3. The first-order valence-corrected chi connectivity index (χ1v) is 6.37. The summed E-state index contributed by atoms with van der Waals surface area (Å²) in [4.78, 5) is 15.3. The molecule has 3 nitrogen and oxygen atoms in total. The maximum Gasteiger partial charge on any atom is 0.224 e. The normalized spacial score (nSPS) is 8.18. The fraction of sp³-hybridized carbons (Fsp3) is 0.571. The van der Waals surface area contributed by atoms with Gasteiger partial charge in [-0.1, -0.05) is 34.6 Å². The number of aryl methyl sites for hydroxylation is 2. The van der Waals surface area contributed by atoms with Crippen LogP contribution in [0.2, 0.25) is 0 Å². The van der Waals surface area contributed by atoms with E-state index in [1.165, 1.54) is 0 Å². The van der Waals surface area contributed by atoms with Crippen LogP contribution in [-0.4, -0.2) is 10.9 Å². The van der Waals surface area contributed by atoms with Crippen molar-refractivity contribution in [3.63, 3.8) is 0 Å². The van der Waals surface area contributed by atoms with Crippen LogP contribution in [0.15, 0.2) is 12.1 Å². The van der Waals surface area contributed by atoms with E-state index in [9.17, 15) is 4.79 Å². The van der Waals surface area contributed by atoms with Crippen molar-refractivity contribution in [2.45, 2.75) is 54.9 Å². The number of hydrogen-bond donors (Lipinski definition) is 1. The molecule has 0 saturated heterocycles. The van der Waals surface area contributed by atoms with Crippen molar-refractivity contribution in [1.82, 2.24) is 4.98 Å². The number of nitrogens with one attached hydrogen (secondary N) is 1. The number of aromatic nitrogens is 1. The Balaban J connectivity index is 0. The molecule has 1 rings (SSSR count). The summed E-state index contributed by atoms with van der Waals surface area (Å²) in [6.45, 7) is 13.6. The van der Waals surface area contributed by atoms with Crippen LogP contribution in [0.1, 0.15) is 52.4 Å². The van der Waals surface area contributed by atoms with E-state index in [1.807, 2.05) is 60.6 Å². The van der Waals surface area contributed by atoms with Gasteiger partial charge in [0.05, 0.1) is 11.4 Å². The predicted octanol–water partition coefficient (Wildman–Crippen LogP) is 4.10. The Kier molecular flexibility index (Phi) is 11.8. The molecule has 1 N–H and O–H groups in total. The molecule has 0 radical (unpaired) electrons. The first kappa shape index (κ1) is 18.0. The van der Waals surface area contributed by atoms with Crippen LogP contribution >= 0.6 is 0 Å². The van der Waals surface area contributed by atoms with E-state index in [0.29, 0.717) is 6.42 Å². The third-order valence-corrected chi connectivity index (χ3v) is 1.82. The van der Waals surface area contributed by atoms with Gasteiger partial charge in [-0.25, -0.2) is 0 Å². The molecule has 0 bridgehead atoms. The van der Waals surface area contributed by atoms with E-state index >= 15 is 0 Å². The number of anilines is 1. The average molecular weight is 238 g/mol. The SMILES string of the molecule is CC.CC.CCC(=O)Nc1ccc(C)nc1C. The summed E-state index contributed by atoms with van der Waals surface area (Å²) < 4.78 is 0. The Bertz CT molecular complexity index is 322. The molecule has 3 heteroatoms. The van der Waals surface area contributed by atoms with Crippen LogP contribution in [0.4, 0.5) is 5.69 Å². The van der Waals surface area contributed by atoms with Gasteiger partial charge in [-0.2, -0.15) is 0 Å². The van der Waals surface area contributed by atoms with Gasteiger partial charge in [0.15, 0.2) is 0 Å². The minimum atomic E-state index is 0.0220. The highest BCUT2D eigenvalue weighted by molar-refractivity contribution is 5.90. The summed E-state index contributed by atoms with van der Waals surface area (Å²) >= 11 is 0. The van der Waals surface area contributed by atoms with Gasteiger partial charge in [0.2, 0.25) is 5.91 Å². The van der Waals surface area contributed by atoms with E-state index in [4.69, 9.17) is 0 Å². The number of amides is 1. The summed E-state index contributed by atoms with van der Waals surface area (Å²) in [7, 11) is 0. The van der Waals surface area contributed by atoms with E-state index in [1.54, 1.807) is 0 Å². The quantitative estimate of drug-likeness (QED) is 0.842. The summed E-state index contributed by atoms with van der Waals surface area (Å²) in [6, 6.07) is 3.77. The zero-order valence-electron chi connectivity index (χ0n) is 12.2. The third-order valence-electron chi connectivity index (χ3n) is 1.82. The van der Waals surface area contributed by atoms with Gasteiger partial charge in [0.1, 0.15) is 0 Å². The minimum Gasteiger partial charge on any atom is -0.325 e. The van der Waals surface area contributed by atoms with Crippen LogP contribution < -0.4 is 5.32 Å². The highest BCUT2D eigenvalue weighted by atomic mass is 16.1. The van der Waals surface area contributed by atoms with E-state index in [-0.39, 0.29) is 5.91 Å². The molecule has 0 fully saturated rings. The summed E-state index contributed by atoms with van der Waals surface area (Å²) in [5, 5.41) is 2.79. The first-order chi connectivity index (χ1) is 8.13. The van der Waals surface area contributed by atoms with Gasteiger partial charge >= 0.3 is 0 Å². The van der Waals surface area contributed by atoms with Gasteiger partial charge < -0.3 is 5.32 Å². The maximum atomic E-state index is 11.1. The summed E-state index contributed by atoms with van der Waals surface area (Å²) in [6.07, 6.45) is 0.493. The highest BCUT2D eigenvalue weighted by Gasteiger charge is 2.02. The third kappa shape index (κ3) is 7.50. The fourth-order valence-electron chi connectivity index (χ4n) is 1.06. The molecule has 0 aliphatic rings. The van der Waals surface area contributed by atoms with E-state index in [0.717, 1.165) is 17.1 Å². The maximum absolute atomic E-state index is 11.1. The molecular weight excluding hydrogens is 212 g/mol. The van der Waals surface area contributed by atoms with Crippen molar-refractivity contribution in [2.24, 2.45) is 0 Å². The molecule has 1 aromatic heterocycles. The average Bonchev–Trinajstić information content (AvgIpc) is 2.37. The zero-order valence-corrected chi connectivity index (χ0v) is 12.2. The lowest BCUT2D eigenvalue weighted by atomic mass is 10.2. The number of pyridine rings is 1. The number of carbonyl (C=O) groups excluding carboxylic acids is 1. The van der Waals surface area contributed by atoms with Gasteiger partial charge in [0, 0.05) is 12.1 Å². The molecular formula is C14H26N2O. The van der Waals surface area contributed by atoms with Crippen molar-refractivity contribution >= 4 is 11.6 Å². The largest absolute Gasteiger partial charge is 0.325 e. The summed E-state index contributed by atoms with van der Waals surface area (Å²) in [5.74, 6) is 0.0220. The van der Waals surface area contributed by atoms with Crippen molar-refractivity contribution in [3.8, 4) is 0 Å². The van der Waals surface area contributed by atoms with Crippen LogP contribution in [0.25, 0.3) is 0 Å². The zero-order chi connectivity index (χ0) is 13.8. The Morgan fingerprint density at radius 2 is 1.71 bits per heavy atom. The second kappa shape index (κ2) is 11.1. The molecule has 0 spiro atoms. The van der Waals surface area contributed by atoms with Crippen molar-refractivity contribution < 1.29 is 4.79 Å². The van der Waals surface area contributed by atoms with E-state index in [2.05, 4.69) is 10.3 Å². The molecule has 1 amide bonds. The second-order valence-corrected chi connectivity index (χ2v) is 2.99. The molecule has 17 heavy (non-hydrogen) atoms. The monoisotopic (exact) mass is 238 g/mol. The van der Waals surface area contributed by atoms with Gasteiger partial charge in [-0.15, -0.1) is 0 Å². The molecule has 0 saturated carbocycles. The van der Waals surface area contributed by atoms with Crippen molar-refractivity contribution in [3.05, 3.63) is 23.5 Å². The van der Waals surface area contributed by atoms with Crippen molar-refractivity contribution in [1.29, 1.82) is 0 Å². The molecule has 0 unspecified atom stereocenters. The topological polar surface area (TPSA) is 42.0 Å². The number of rotatable bonds is 2. The van der Waals surface area contributed by atoms with Crippen LogP contribution in [0, 0.1) is 13.8 Å². The number of nitrogens with zero attached hydrogens (tertiary/aromatic N) is 1. The first-order valence-electron chi connectivity index (χ1n) is 6.37. The van der Waals surface area contributed by atoms with Crippen LogP contribution in [-0.2, 0) is 4.79 Å². The fourth-order valence-corrected chi connectivity index (χ4v) is 1.06. The van der Waals surface area contributed by atoms with E-state index < -0.39 is 0 Å². The molecule has 0 aromatic carbocycles. The molecule has 0 atom stereocenters. The molecule has 0 aliphatic carbocycles. The van der Waals surface area contributed by atoms with Crippen LogP contribution in [0.3, 0.4) is 0 Å². The lowest BCUT2D eigenvalue weighted by Crippen LogP contribution is -2.11. The van der Waals surface area contributed by atoms with Gasteiger partial charge in [-0.05, 0) is 26.0 Å². The number of carbonyl (C=O) groups is 1. The molecule has 0 aliphatic heterocycles. The lowest BCUT2D eigenvalue weighted by Gasteiger charge is -2.06. The van der Waals surface area contributed by atoms with Gasteiger partial charge in [-0.3, -0.25) is 9.78 Å². The molecule has 98 valence electrons. The van der Waals surface area contributed by atoms with Crippen molar-refractivity contribution in [2.75, 3.05) is 5.32 Å². The molecule has 1 heterocycles. The summed E-state index contributed by atoms with van der Waals surface area (Å²) in [5.41, 5.74) is 2.63.